The summed E-state index contributed by atoms with van der Waals surface area (Å²) in [6.07, 6.45) is 16.8. The Labute approximate surface area is 161 Å². The zero-order valence-electron chi connectivity index (χ0n) is 15.9. The van der Waals surface area contributed by atoms with Gasteiger partial charge in [-0.05, 0) is 52.4 Å². The van der Waals surface area contributed by atoms with Gasteiger partial charge in [-0.2, -0.15) is 0 Å². The summed E-state index contributed by atoms with van der Waals surface area (Å²) in [6.45, 7) is 4.11. The molecule has 0 saturated heterocycles. The van der Waals surface area contributed by atoms with Crippen LogP contribution < -0.4 is 0 Å². The Morgan fingerprint density at radius 2 is 1.36 bits per heavy atom. The van der Waals surface area contributed by atoms with E-state index in [1.165, 1.54) is 32.1 Å². The molecule has 0 unspecified atom stereocenters. The number of ether oxygens (including phenoxy) is 1. The average molecular weight is 419 g/mol. The fraction of sp³-hybridized carbons (Fsp3) is 0.800. The maximum absolute atomic E-state index is 11.5. The molecule has 0 rings (SSSR count). The minimum absolute atomic E-state index is 0.192. The molecular weight excluding hydrogens is 384 g/mol. The smallest absolute Gasteiger partial charge is 0.322 e. The van der Waals surface area contributed by atoms with Gasteiger partial charge in [0.25, 0.3) is 0 Å². The van der Waals surface area contributed by atoms with E-state index in [0.717, 1.165) is 38.5 Å². The lowest BCUT2D eigenvalue weighted by Gasteiger charge is -2.14. The van der Waals surface area contributed by atoms with Crippen molar-refractivity contribution in [1.82, 2.24) is 0 Å². The number of hydrogen-bond acceptors (Lipinski definition) is 3. The van der Waals surface area contributed by atoms with Crippen molar-refractivity contribution in [2.45, 2.75) is 95.2 Å². The molecule has 0 aliphatic rings. The molecule has 0 bridgehead atoms. The van der Waals surface area contributed by atoms with Crippen molar-refractivity contribution >= 4 is 27.9 Å². The molecule has 0 radical (unpaired) electrons. The Morgan fingerprint density at radius 1 is 0.880 bits per heavy atom. The predicted octanol–water partition coefficient (Wildman–Crippen LogP) is 6.03. The summed E-state index contributed by atoms with van der Waals surface area (Å²) in [7, 11) is 0. The number of carboxylic acid groups (broad SMARTS) is 1. The summed E-state index contributed by atoms with van der Waals surface area (Å²) >= 11 is 3.29. The Bertz CT molecular complexity index is 386. The number of esters is 1. The monoisotopic (exact) mass is 418 g/mol. The van der Waals surface area contributed by atoms with Crippen LogP contribution in [0.2, 0.25) is 0 Å². The van der Waals surface area contributed by atoms with E-state index in [1.54, 1.807) is 13.8 Å². The first kappa shape index (κ1) is 24.2. The minimum atomic E-state index is -0.701. The van der Waals surface area contributed by atoms with Crippen LogP contribution in [0.1, 0.15) is 90.9 Å². The second-order valence-corrected chi connectivity index (χ2v) is 8.97. The van der Waals surface area contributed by atoms with Crippen molar-refractivity contribution in [2.75, 3.05) is 6.61 Å². The Morgan fingerprint density at radius 3 is 1.88 bits per heavy atom. The van der Waals surface area contributed by atoms with Crippen LogP contribution in [0.25, 0.3) is 0 Å². The number of carbonyl (C=O) groups is 2. The molecule has 0 atom stereocenters. The topological polar surface area (TPSA) is 63.6 Å². The molecule has 0 heterocycles. The SMILES string of the molecule is CC(C)(Br)C(=O)OCCCCCCCCC/C=C/CCCCC(=O)O. The molecule has 4 nitrogen and oxygen atoms in total. The molecule has 0 spiro atoms. The van der Waals surface area contributed by atoms with E-state index in [9.17, 15) is 9.59 Å². The number of aliphatic carboxylic acids is 1. The first-order chi connectivity index (χ1) is 11.8. The van der Waals surface area contributed by atoms with E-state index in [2.05, 4.69) is 28.1 Å². The van der Waals surface area contributed by atoms with Crippen LogP contribution >= 0.6 is 15.9 Å². The van der Waals surface area contributed by atoms with Gasteiger partial charge < -0.3 is 9.84 Å². The van der Waals surface area contributed by atoms with Crippen LogP contribution in [0, 0.1) is 0 Å². The number of halogens is 1. The van der Waals surface area contributed by atoms with E-state index in [-0.39, 0.29) is 12.4 Å². The number of carbonyl (C=O) groups excluding carboxylic acids is 1. The summed E-state index contributed by atoms with van der Waals surface area (Å²) in [5, 5.41) is 8.53. The molecule has 5 heteroatoms. The molecule has 0 aliphatic heterocycles. The molecule has 0 aromatic carbocycles. The molecule has 0 aliphatic carbocycles. The number of carboxylic acids is 1. The zero-order valence-corrected chi connectivity index (χ0v) is 17.5. The van der Waals surface area contributed by atoms with Crippen LogP contribution in [0.5, 0.6) is 0 Å². The van der Waals surface area contributed by atoms with Crippen LogP contribution in [0.3, 0.4) is 0 Å². The van der Waals surface area contributed by atoms with Gasteiger partial charge >= 0.3 is 11.9 Å². The molecule has 25 heavy (non-hydrogen) atoms. The number of rotatable bonds is 16. The third-order valence-electron chi connectivity index (χ3n) is 3.91. The van der Waals surface area contributed by atoms with Gasteiger partial charge in [-0.3, -0.25) is 9.59 Å². The first-order valence-electron chi connectivity index (χ1n) is 9.57. The molecular formula is C20H35BrO4. The standard InChI is InChI=1S/C20H35BrO4/c1-20(2,21)19(24)25-17-15-13-11-9-7-5-3-4-6-8-10-12-14-16-18(22)23/h6,8H,3-5,7,9-17H2,1-2H3,(H,22,23)/b8-6+. The molecule has 0 aromatic rings. The molecule has 0 amide bonds. The molecule has 0 aromatic heterocycles. The third-order valence-corrected chi connectivity index (χ3v) is 4.24. The lowest BCUT2D eigenvalue weighted by atomic mass is 10.1. The summed E-state index contributed by atoms with van der Waals surface area (Å²) in [6, 6.07) is 0. The molecule has 146 valence electrons. The van der Waals surface area contributed by atoms with Crippen LogP contribution in [0.4, 0.5) is 0 Å². The van der Waals surface area contributed by atoms with Crippen LogP contribution in [-0.2, 0) is 14.3 Å². The van der Waals surface area contributed by atoms with Crippen molar-refractivity contribution in [3.63, 3.8) is 0 Å². The Hall–Kier alpha value is -0.840. The van der Waals surface area contributed by atoms with Crippen LogP contribution in [-0.4, -0.2) is 28.0 Å². The molecule has 0 fully saturated rings. The minimum Gasteiger partial charge on any atom is -0.481 e. The highest BCUT2D eigenvalue weighted by molar-refractivity contribution is 9.10. The molecule has 1 N–H and O–H groups in total. The van der Waals surface area contributed by atoms with Gasteiger partial charge in [-0.1, -0.05) is 60.2 Å². The quantitative estimate of drug-likeness (QED) is 0.144. The second-order valence-electron chi connectivity index (χ2n) is 6.98. The van der Waals surface area contributed by atoms with Crippen molar-refractivity contribution in [1.29, 1.82) is 0 Å². The highest BCUT2D eigenvalue weighted by Gasteiger charge is 2.24. The number of unbranched alkanes of at least 4 members (excludes halogenated alkanes) is 9. The van der Waals surface area contributed by atoms with Gasteiger partial charge in [-0.25, -0.2) is 0 Å². The van der Waals surface area contributed by atoms with Crippen molar-refractivity contribution in [2.24, 2.45) is 0 Å². The summed E-state index contributed by atoms with van der Waals surface area (Å²) < 4.78 is 4.62. The van der Waals surface area contributed by atoms with Crippen LogP contribution in [0.15, 0.2) is 12.2 Å². The van der Waals surface area contributed by atoms with E-state index < -0.39 is 10.3 Å². The lowest BCUT2D eigenvalue weighted by Crippen LogP contribution is -2.26. The number of allylic oxidation sites excluding steroid dienone is 2. The largest absolute Gasteiger partial charge is 0.481 e. The average Bonchev–Trinajstić information content (AvgIpc) is 2.53. The van der Waals surface area contributed by atoms with Gasteiger partial charge in [0.2, 0.25) is 0 Å². The van der Waals surface area contributed by atoms with Gasteiger partial charge in [0.15, 0.2) is 0 Å². The van der Waals surface area contributed by atoms with E-state index in [0.29, 0.717) is 6.61 Å². The third kappa shape index (κ3) is 17.8. The van der Waals surface area contributed by atoms with E-state index >= 15 is 0 Å². The predicted molar refractivity (Wildman–Crippen MR) is 106 cm³/mol. The summed E-state index contributed by atoms with van der Waals surface area (Å²) in [5.41, 5.74) is 0. The fourth-order valence-corrected chi connectivity index (χ4v) is 2.47. The highest BCUT2D eigenvalue weighted by Crippen LogP contribution is 2.17. The Kier molecular flexibility index (Phi) is 14.9. The van der Waals surface area contributed by atoms with Crippen molar-refractivity contribution in [3.05, 3.63) is 12.2 Å². The maximum Gasteiger partial charge on any atom is 0.322 e. The number of hydrogen-bond donors (Lipinski definition) is 1. The van der Waals surface area contributed by atoms with Crippen molar-refractivity contribution < 1.29 is 19.4 Å². The van der Waals surface area contributed by atoms with Gasteiger partial charge in [0.1, 0.15) is 4.32 Å². The summed E-state index contributed by atoms with van der Waals surface area (Å²) in [5.74, 6) is -0.893. The number of alkyl halides is 1. The van der Waals surface area contributed by atoms with E-state index in [1.807, 2.05) is 0 Å². The normalized spacial score (nSPS) is 11.8. The van der Waals surface area contributed by atoms with Crippen molar-refractivity contribution in [3.8, 4) is 0 Å². The fourth-order valence-electron chi connectivity index (χ4n) is 2.36. The lowest BCUT2D eigenvalue weighted by molar-refractivity contribution is -0.145. The second kappa shape index (κ2) is 15.4. The first-order valence-corrected chi connectivity index (χ1v) is 10.4. The maximum atomic E-state index is 11.5. The zero-order chi connectivity index (χ0) is 19.0. The summed E-state index contributed by atoms with van der Waals surface area (Å²) in [4.78, 5) is 21.9. The van der Waals surface area contributed by atoms with Gasteiger partial charge in [0.05, 0.1) is 6.61 Å². The Balaban J connectivity index is 3.24. The molecule has 0 saturated carbocycles. The van der Waals surface area contributed by atoms with E-state index in [4.69, 9.17) is 9.84 Å². The van der Waals surface area contributed by atoms with Gasteiger partial charge in [-0.15, -0.1) is 0 Å². The van der Waals surface area contributed by atoms with Gasteiger partial charge in [0, 0.05) is 6.42 Å². The highest BCUT2D eigenvalue weighted by atomic mass is 79.9.